The number of hydrogen-bond acceptors (Lipinski definition) is 6. The van der Waals surface area contributed by atoms with Gasteiger partial charge >= 0.3 is 51.4 Å². The molecule has 0 aromatic carbocycles. The van der Waals surface area contributed by atoms with E-state index in [1.165, 1.54) is 0 Å². The Morgan fingerprint density at radius 3 is 0.400 bits per heavy atom. The van der Waals surface area contributed by atoms with E-state index in [1.807, 2.05) is 0 Å². The van der Waals surface area contributed by atoms with Crippen molar-refractivity contribution < 1.29 is 17.1 Å². The van der Waals surface area contributed by atoms with Crippen molar-refractivity contribution in [1.29, 1.82) is 31.6 Å². The molecule has 0 aliphatic heterocycles. The summed E-state index contributed by atoms with van der Waals surface area (Å²) in [5, 5.41) is 39.0. The first-order valence-electron chi connectivity index (χ1n) is 1.55. The Labute approximate surface area is 145 Å². The molecule has 0 amide bonds. The van der Waals surface area contributed by atoms with Gasteiger partial charge in [0.15, 0.2) is 0 Å². The Morgan fingerprint density at radius 1 is 0.400 bits per heavy atom. The Balaban J connectivity index is -0.00000000396. The van der Waals surface area contributed by atoms with Gasteiger partial charge in [0.05, 0.1) is 0 Å². The summed E-state index contributed by atoms with van der Waals surface area (Å²) >= 11 is 0. The van der Waals surface area contributed by atoms with E-state index in [4.69, 9.17) is 31.6 Å². The summed E-state index contributed by atoms with van der Waals surface area (Å²) in [6.07, 6.45) is 0. The van der Waals surface area contributed by atoms with Crippen molar-refractivity contribution in [3.05, 3.63) is 0 Å². The second-order valence-electron chi connectivity index (χ2n) is 0. The third-order valence-electron chi connectivity index (χ3n) is 0. The zero-order chi connectivity index (χ0) is 12.0. The Bertz CT molecular complexity index is 98.5. The summed E-state index contributed by atoms with van der Waals surface area (Å²) in [6.45, 7) is 21.0. The van der Waals surface area contributed by atoms with Crippen LogP contribution >= 0.6 is 0 Å². The summed E-state index contributed by atoms with van der Waals surface area (Å²) in [7, 11) is 0. The van der Waals surface area contributed by atoms with Crippen LogP contribution in [0.1, 0.15) is 7.43 Å². The van der Waals surface area contributed by atoms with Gasteiger partial charge in [-0.15, -0.1) is 0 Å². The van der Waals surface area contributed by atoms with Gasteiger partial charge in [-0.05, 0) is 0 Å². The van der Waals surface area contributed by atoms with Crippen molar-refractivity contribution in [3.8, 4) is 39.4 Å². The Kier molecular flexibility index (Phi) is 14500. The van der Waals surface area contributed by atoms with Crippen LogP contribution in [0.25, 0.3) is 0 Å². The molecule has 0 bridgehead atoms. The van der Waals surface area contributed by atoms with Crippen LogP contribution in [0.4, 0.5) is 0 Å². The fraction of sp³-hybridized carbons (Fsp3) is 0.143. The van der Waals surface area contributed by atoms with Gasteiger partial charge in [-0.25, -0.2) is 31.6 Å². The average molecular weight is 274 g/mol. The SMILES string of the molecule is C.C#N.C#N.C#N.C#N.C#N.C#N.[Fe].[KH]. The summed E-state index contributed by atoms with van der Waals surface area (Å²) in [5.74, 6) is 0. The maximum atomic E-state index is 6.50. The van der Waals surface area contributed by atoms with Crippen molar-refractivity contribution >= 4 is 51.4 Å². The van der Waals surface area contributed by atoms with E-state index < -0.39 is 0 Å². The molecular formula is C7H11FeKN6. The zero-order valence-corrected chi connectivity index (χ0v) is 7.61. The predicted octanol–water partition coefficient (Wildman–Crippen LogP) is 0.824. The molecule has 0 heterocycles. The molecular weight excluding hydrogens is 263 g/mol. The molecule has 0 aromatic heterocycles. The van der Waals surface area contributed by atoms with Crippen LogP contribution < -0.4 is 0 Å². The summed E-state index contributed by atoms with van der Waals surface area (Å²) in [6, 6.07) is 0. The van der Waals surface area contributed by atoms with Crippen LogP contribution in [-0.2, 0) is 17.1 Å². The van der Waals surface area contributed by atoms with Crippen LogP contribution in [0.5, 0.6) is 0 Å². The summed E-state index contributed by atoms with van der Waals surface area (Å²) in [5.41, 5.74) is 0. The number of hydrogen-bond donors (Lipinski definition) is 0. The molecule has 0 fully saturated rings. The van der Waals surface area contributed by atoms with Crippen LogP contribution in [0.3, 0.4) is 0 Å². The van der Waals surface area contributed by atoms with E-state index in [0.29, 0.717) is 0 Å². The Morgan fingerprint density at radius 2 is 0.400 bits per heavy atom. The fourth-order valence-corrected chi connectivity index (χ4v) is 0. The minimum atomic E-state index is 0. The second-order valence-corrected chi connectivity index (χ2v) is 0. The standard InChI is InChI=1S/6CHN.CH4.Fe.K.H/c6*1-2;;;;/h6*1H;1H4;;;. The van der Waals surface area contributed by atoms with Crippen molar-refractivity contribution in [2.75, 3.05) is 0 Å². The first kappa shape index (κ1) is 93.1. The van der Waals surface area contributed by atoms with Crippen LogP contribution in [-0.4, -0.2) is 51.4 Å². The van der Waals surface area contributed by atoms with Gasteiger partial charge in [0.1, 0.15) is 0 Å². The monoisotopic (exact) mass is 274 g/mol. The third-order valence-corrected chi connectivity index (χ3v) is 0. The topological polar surface area (TPSA) is 143 Å². The van der Waals surface area contributed by atoms with Gasteiger partial charge in [-0.3, -0.25) is 0 Å². The van der Waals surface area contributed by atoms with Crippen molar-refractivity contribution in [2.24, 2.45) is 0 Å². The molecule has 15 heavy (non-hydrogen) atoms. The van der Waals surface area contributed by atoms with E-state index in [1.54, 1.807) is 0 Å². The molecule has 0 unspecified atom stereocenters. The molecule has 0 aromatic rings. The first-order valence-corrected chi connectivity index (χ1v) is 1.55. The van der Waals surface area contributed by atoms with E-state index in [9.17, 15) is 0 Å². The molecule has 0 aliphatic carbocycles. The number of nitriles is 6. The van der Waals surface area contributed by atoms with Crippen molar-refractivity contribution in [2.45, 2.75) is 7.43 Å². The Hall–Kier alpha value is -0.904. The molecule has 0 aliphatic rings. The van der Waals surface area contributed by atoms with E-state index in [0.717, 1.165) is 0 Å². The summed E-state index contributed by atoms with van der Waals surface area (Å²) < 4.78 is 0. The maximum absolute atomic E-state index is 6.50. The quantitative estimate of drug-likeness (QED) is 0.598. The second kappa shape index (κ2) is 2340. The molecule has 0 spiro atoms. The van der Waals surface area contributed by atoms with Crippen molar-refractivity contribution in [3.63, 3.8) is 0 Å². The summed E-state index contributed by atoms with van der Waals surface area (Å²) in [4.78, 5) is 0. The van der Waals surface area contributed by atoms with Gasteiger partial charge in [-0.1, -0.05) is 7.43 Å². The minimum absolute atomic E-state index is 0. The number of rotatable bonds is 0. The third kappa shape index (κ3) is 1970. The number of nitrogens with zero attached hydrogens (tertiary/aromatic N) is 6. The average Bonchev–Trinajstić information content (AvgIpc) is 2.33. The van der Waals surface area contributed by atoms with Gasteiger partial charge in [-0.2, -0.15) is 0 Å². The van der Waals surface area contributed by atoms with Gasteiger partial charge < -0.3 is 0 Å². The fourth-order valence-electron chi connectivity index (χ4n) is 0. The molecule has 0 N–H and O–H groups in total. The molecule has 0 radical (unpaired) electrons. The molecule has 0 saturated carbocycles. The van der Waals surface area contributed by atoms with Gasteiger partial charge in [0.25, 0.3) is 0 Å². The van der Waals surface area contributed by atoms with Crippen molar-refractivity contribution in [1.82, 2.24) is 0 Å². The molecule has 8 heteroatoms. The molecule has 0 atom stereocenters. The normalized spacial score (nSPS) is 0.800. The zero-order valence-electron chi connectivity index (χ0n) is 6.50. The predicted molar refractivity (Wildman–Crippen MR) is 53.9 cm³/mol. The van der Waals surface area contributed by atoms with Gasteiger partial charge in [0, 0.05) is 56.5 Å². The van der Waals surface area contributed by atoms with Crippen LogP contribution in [0.2, 0.25) is 0 Å². The molecule has 78 valence electrons. The van der Waals surface area contributed by atoms with Crippen LogP contribution in [0.15, 0.2) is 0 Å². The molecule has 0 saturated heterocycles. The van der Waals surface area contributed by atoms with E-state index in [2.05, 4.69) is 39.4 Å². The van der Waals surface area contributed by atoms with E-state index >= 15 is 0 Å². The molecule has 6 nitrogen and oxygen atoms in total. The van der Waals surface area contributed by atoms with E-state index in [-0.39, 0.29) is 75.9 Å². The first-order chi connectivity index (χ1) is 6.00. The van der Waals surface area contributed by atoms with Crippen LogP contribution in [0, 0.1) is 71.0 Å². The molecule has 0 rings (SSSR count). The van der Waals surface area contributed by atoms with Gasteiger partial charge in [0.2, 0.25) is 0 Å².